The van der Waals surface area contributed by atoms with Gasteiger partial charge in [-0.3, -0.25) is 4.40 Å². The number of fused-ring (bicyclic) bond motifs is 3. The van der Waals surface area contributed by atoms with E-state index in [4.69, 9.17) is 4.98 Å². The second-order valence-electron chi connectivity index (χ2n) is 8.73. The summed E-state index contributed by atoms with van der Waals surface area (Å²) < 4.78 is 34.1. The standard InChI is InChI=1S/C26H20F2N2/c1-15-13-14-19-22-20(15)17-11-7-8-12-18(17)24-29-21(16-9-5-4-6-10-16)23(30(22)24)25(2,3)26(19,27)28/h4-14H,1-3H3. The summed E-state index contributed by atoms with van der Waals surface area (Å²) in [7, 11) is 0. The zero-order chi connectivity index (χ0) is 20.8. The number of hydrogen-bond acceptors (Lipinski definition) is 1. The lowest BCUT2D eigenvalue weighted by atomic mass is 9.74. The monoisotopic (exact) mass is 398 g/mol. The van der Waals surface area contributed by atoms with Crippen molar-refractivity contribution < 1.29 is 8.78 Å². The minimum Gasteiger partial charge on any atom is -0.294 e. The molecule has 0 aliphatic carbocycles. The van der Waals surface area contributed by atoms with Crippen LogP contribution in [0, 0.1) is 6.92 Å². The predicted molar refractivity (Wildman–Crippen MR) is 117 cm³/mol. The van der Waals surface area contributed by atoms with E-state index in [9.17, 15) is 0 Å². The topological polar surface area (TPSA) is 17.3 Å². The van der Waals surface area contributed by atoms with Crippen molar-refractivity contribution in [1.29, 1.82) is 0 Å². The number of hydrogen-bond donors (Lipinski definition) is 0. The van der Waals surface area contributed by atoms with Crippen molar-refractivity contribution in [2.45, 2.75) is 32.1 Å². The zero-order valence-corrected chi connectivity index (χ0v) is 17.0. The summed E-state index contributed by atoms with van der Waals surface area (Å²) in [5.41, 5.74) is 3.02. The summed E-state index contributed by atoms with van der Waals surface area (Å²) in [5, 5.41) is 2.82. The van der Waals surface area contributed by atoms with Crippen LogP contribution in [0.15, 0.2) is 66.7 Å². The van der Waals surface area contributed by atoms with Gasteiger partial charge in [-0.25, -0.2) is 13.8 Å². The molecule has 2 nitrogen and oxygen atoms in total. The van der Waals surface area contributed by atoms with E-state index < -0.39 is 11.3 Å². The average Bonchev–Trinajstić information content (AvgIpc) is 3.15. The third-order valence-corrected chi connectivity index (χ3v) is 6.69. The first-order valence-corrected chi connectivity index (χ1v) is 10.1. The number of alkyl halides is 2. The fourth-order valence-electron chi connectivity index (χ4n) is 5.09. The third kappa shape index (κ3) is 1.89. The molecular formula is C26H20F2N2. The highest BCUT2D eigenvalue weighted by Gasteiger charge is 2.56. The van der Waals surface area contributed by atoms with E-state index in [2.05, 4.69) is 0 Å². The van der Waals surface area contributed by atoms with E-state index in [1.54, 1.807) is 19.9 Å². The van der Waals surface area contributed by atoms with Crippen LogP contribution in [0.1, 0.15) is 30.7 Å². The molecule has 2 aromatic heterocycles. The van der Waals surface area contributed by atoms with Crippen LogP contribution in [0.5, 0.6) is 0 Å². The van der Waals surface area contributed by atoms with Crippen molar-refractivity contribution >= 4 is 27.3 Å². The first-order chi connectivity index (χ1) is 14.3. The largest absolute Gasteiger partial charge is 0.294 e. The fourth-order valence-corrected chi connectivity index (χ4v) is 5.09. The molecule has 0 amide bonds. The first-order valence-electron chi connectivity index (χ1n) is 10.1. The molecule has 1 aliphatic heterocycles. The van der Waals surface area contributed by atoms with Gasteiger partial charge in [-0.2, -0.15) is 0 Å². The van der Waals surface area contributed by atoms with Crippen molar-refractivity contribution in [2.24, 2.45) is 0 Å². The first kappa shape index (κ1) is 17.6. The lowest BCUT2D eigenvalue weighted by Gasteiger charge is -2.39. The number of rotatable bonds is 1. The van der Waals surface area contributed by atoms with Crippen molar-refractivity contribution in [3.8, 4) is 11.3 Å². The molecule has 1 aliphatic rings. The molecular weight excluding hydrogens is 378 g/mol. The molecule has 0 fully saturated rings. The smallest absolute Gasteiger partial charge is 0.285 e. The maximum Gasteiger partial charge on any atom is 0.285 e. The zero-order valence-electron chi connectivity index (χ0n) is 17.0. The normalized spacial score (nSPS) is 16.7. The van der Waals surface area contributed by atoms with E-state index in [0.717, 1.165) is 32.9 Å². The van der Waals surface area contributed by atoms with Gasteiger partial charge in [0.15, 0.2) is 0 Å². The van der Waals surface area contributed by atoms with E-state index in [-0.39, 0.29) is 5.56 Å². The van der Waals surface area contributed by atoms with Crippen molar-refractivity contribution in [3.05, 3.63) is 83.6 Å². The molecule has 0 saturated carbocycles. The van der Waals surface area contributed by atoms with Crippen LogP contribution in [-0.4, -0.2) is 9.38 Å². The Morgan fingerprint density at radius 1 is 0.833 bits per heavy atom. The molecule has 30 heavy (non-hydrogen) atoms. The predicted octanol–water partition coefficient (Wildman–Crippen LogP) is 7.00. The minimum atomic E-state index is -3.03. The van der Waals surface area contributed by atoms with Crippen molar-refractivity contribution in [2.75, 3.05) is 0 Å². The van der Waals surface area contributed by atoms with Gasteiger partial charge in [-0.15, -0.1) is 0 Å². The van der Waals surface area contributed by atoms with Crippen LogP contribution in [0.3, 0.4) is 0 Å². The van der Waals surface area contributed by atoms with Gasteiger partial charge < -0.3 is 0 Å². The Bertz CT molecular complexity index is 1490. The van der Waals surface area contributed by atoms with E-state index >= 15 is 8.78 Å². The highest BCUT2D eigenvalue weighted by molar-refractivity contribution is 6.14. The summed E-state index contributed by atoms with van der Waals surface area (Å²) in [5.74, 6) is -3.03. The number of halogens is 2. The molecule has 4 heteroatoms. The molecule has 148 valence electrons. The number of aromatic nitrogens is 2. The maximum atomic E-state index is 16.0. The lowest BCUT2D eigenvalue weighted by molar-refractivity contribution is -0.0756. The Kier molecular flexibility index (Phi) is 3.19. The second kappa shape index (κ2) is 5.45. The van der Waals surface area contributed by atoms with Crippen LogP contribution < -0.4 is 0 Å². The molecule has 5 aromatic rings. The number of imidazole rings is 1. The summed E-state index contributed by atoms with van der Waals surface area (Å²) in [6.07, 6.45) is 0. The molecule has 6 rings (SSSR count). The Balaban J connectivity index is 1.99. The molecule has 0 radical (unpaired) electrons. The number of nitrogens with zero attached hydrogens (tertiary/aromatic N) is 2. The maximum absolute atomic E-state index is 16.0. The van der Waals surface area contributed by atoms with Crippen molar-refractivity contribution in [1.82, 2.24) is 9.38 Å². The van der Waals surface area contributed by atoms with E-state index in [1.165, 1.54) is 0 Å². The van der Waals surface area contributed by atoms with Gasteiger partial charge in [0, 0.05) is 21.9 Å². The van der Waals surface area contributed by atoms with Crippen LogP contribution in [0.4, 0.5) is 8.78 Å². The molecule has 0 atom stereocenters. The van der Waals surface area contributed by atoms with Gasteiger partial charge in [0.25, 0.3) is 5.92 Å². The highest BCUT2D eigenvalue weighted by Crippen LogP contribution is 2.55. The minimum absolute atomic E-state index is 0.0772. The Morgan fingerprint density at radius 2 is 1.50 bits per heavy atom. The Labute approximate surface area is 172 Å². The van der Waals surface area contributed by atoms with Gasteiger partial charge >= 0.3 is 0 Å². The average molecular weight is 398 g/mol. The van der Waals surface area contributed by atoms with Gasteiger partial charge in [0.2, 0.25) is 0 Å². The van der Waals surface area contributed by atoms with Crippen LogP contribution >= 0.6 is 0 Å². The summed E-state index contributed by atoms with van der Waals surface area (Å²) >= 11 is 0. The van der Waals surface area contributed by atoms with Gasteiger partial charge in [-0.05, 0) is 31.7 Å². The molecule has 0 spiro atoms. The summed E-state index contributed by atoms with van der Waals surface area (Å²) in [6.45, 7) is 5.25. The van der Waals surface area contributed by atoms with Gasteiger partial charge in [0.05, 0.1) is 22.3 Å². The number of benzene rings is 3. The molecule has 3 heterocycles. The SMILES string of the molecule is Cc1ccc2c3c1c1ccccc1c1nc(-c4ccccc4)c(n13)C(C)(C)C2(F)F. The lowest BCUT2D eigenvalue weighted by Crippen LogP contribution is -2.42. The fraction of sp³-hybridized carbons (Fsp3) is 0.192. The van der Waals surface area contributed by atoms with E-state index in [0.29, 0.717) is 16.9 Å². The molecule has 3 aromatic carbocycles. The van der Waals surface area contributed by atoms with E-state index in [1.807, 2.05) is 72.0 Å². The number of aryl methyl sites for hydroxylation is 1. The molecule has 0 unspecified atom stereocenters. The molecule has 0 N–H and O–H groups in total. The van der Waals surface area contributed by atoms with Crippen LogP contribution in [-0.2, 0) is 11.3 Å². The Hall–Kier alpha value is -3.27. The molecule has 0 saturated heterocycles. The van der Waals surface area contributed by atoms with Gasteiger partial charge in [0.1, 0.15) is 5.65 Å². The third-order valence-electron chi connectivity index (χ3n) is 6.69. The summed E-state index contributed by atoms with van der Waals surface area (Å²) in [4.78, 5) is 4.99. The molecule has 0 bridgehead atoms. The summed E-state index contributed by atoms with van der Waals surface area (Å²) in [6, 6.07) is 21.1. The van der Waals surface area contributed by atoms with Crippen LogP contribution in [0.25, 0.3) is 38.6 Å². The highest BCUT2D eigenvalue weighted by atomic mass is 19.3. The van der Waals surface area contributed by atoms with Gasteiger partial charge in [-0.1, -0.05) is 66.7 Å². The van der Waals surface area contributed by atoms with Crippen molar-refractivity contribution in [3.63, 3.8) is 0 Å². The Morgan fingerprint density at radius 3 is 2.23 bits per heavy atom. The number of pyridine rings is 1. The van der Waals surface area contributed by atoms with Crippen LogP contribution in [0.2, 0.25) is 0 Å². The quantitative estimate of drug-likeness (QED) is 0.278. The second-order valence-corrected chi connectivity index (χ2v) is 8.73.